The summed E-state index contributed by atoms with van der Waals surface area (Å²) in [7, 11) is 0. The maximum atomic E-state index is 5.46. The van der Waals surface area contributed by atoms with Gasteiger partial charge in [0.1, 0.15) is 6.79 Å². The van der Waals surface area contributed by atoms with Crippen molar-refractivity contribution in [1.82, 2.24) is 5.32 Å². The predicted octanol–water partition coefficient (Wildman–Crippen LogP) is 1.53. The largest absolute Gasteiger partial charge is 0.355 e. The first kappa shape index (κ1) is 10.4. The third-order valence-corrected chi connectivity index (χ3v) is 3.20. The molecule has 1 heterocycles. The fraction of sp³-hybridized carbons (Fsp3) is 1.00. The van der Waals surface area contributed by atoms with E-state index < -0.39 is 0 Å². The maximum absolute atomic E-state index is 5.46. The maximum Gasteiger partial charge on any atom is 0.147 e. The SMILES string of the molecule is CC1(C)CC(NCC2CCOCO2)C1. The molecule has 0 aromatic carbocycles. The van der Waals surface area contributed by atoms with E-state index in [1.807, 2.05) is 0 Å². The average molecular weight is 199 g/mol. The summed E-state index contributed by atoms with van der Waals surface area (Å²) in [6.45, 7) is 6.97. The van der Waals surface area contributed by atoms with Gasteiger partial charge in [-0.25, -0.2) is 0 Å². The van der Waals surface area contributed by atoms with Crippen molar-refractivity contribution in [1.29, 1.82) is 0 Å². The van der Waals surface area contributed by atoms with Gasteiger partial charge in [-0.1, -0.05) is 13.8 Å². The standard InChI is InChI=1S/C11H21NO2/c1-11(2)5-9(6-11)12-7-10-3-4-13-8-14-10/h9-10,12H,3-8H2,1-2H3. The van der Waals surface area contributed by atoms with Crippen LogP contribution in [0.5, 0.6) is 0 Å². The topological polar surface area (TPSA) is 30.5 Å². The van der Waals surface area contributed by atoms with Gasteiger partial charge in [0.2, 0.25) is 0 Å². The van der Waals surface area contributed by atoms with Gasteiger partial charge in [0, 0.05) is 12.6 Å². The second kappa shape index (κ2) is 4.17. The van der Waals surface area contributed by atoms with Crippen LogP contribution in [0.1, 0.15) is 33.1 Å². The number of rotatable bonds is 3. The normalized spacial score (nSPS) is 32.6. The van der Waals surface area contributed by atoms with E-state index in [1.165, 1.54) is 12.8 Å². The molecule has 1 N–H and O–H groups in total. The van der Waals surface area contributed by atoms with Crippen LogP contribution in [-0.4, -0.2) is 32.1 Å². The Balaban J connectivity index is 1.59. The molecule has 0 aromatic rings. The summed E-state index contributed by atoms with van der Waals surface area (Å²) >= 11 is 0. The van der Waals surface area contributed by atoms with Gasteiger partial charge in [0.15, 0.2) is 0 Å². The second-order valence-electron chi connectivity index (χ2n) is 5.28. The Morgan fingerprint density at radius 3 is 2.71 bits per heavy atom. The lowest BCUT2D eigenvalue weighted by Crippen LogP contribution is -2.49. The molecule has 0 spiro atoms. The molecule has 14 heavy (non-hydrogen) atoms. The smallest absolute Gasteiger partial charge is 0.147 e. The van der Waals surface area contributed by atoms with Crippen LogP contribution in [0.15, 0.2) is 0 Å². The highest BCUT2D eigenvalue weighted by atomic mass is 16.7. The van der Waals surface area contributed by atoms with E-state index in [9.17, 15) is 0 Å². The molecule has 2 rings (SSSR count). The molecule has 0 aromatic heterocycles. The van der Waals surface area contributed by atoms with E-state index in [0.717, 1.165) is 25.6 Å². The molecule has 2 aliphatic rings. The van der Waals surface area contributed by atoms with Crippen LogP contribution in [0.25, 0.3) is 0 Å². The zero-order chi connectivity index (χ0) is 10.0. The first-order valence-electron chi connectivity index (χ1n) is 5.58. The van der Waals surface area contributed by atoms with Crippen molar-refractivity contribution in [3.63, 3.8) is 0 Å². The summed E-state index contributed by atoms with van der Waals surface area (Å²) in [4.78, 5) is 0. The van der Waals surface area contributed by atoms with Crippen LogP contribution in [0.4, 0.5) is 0 Å². The molecule has 3 heteroatoms. The molecule has 82 valence electrons. The molecule has 3 nitrogen and oxygen atoms in total. The van der Waals surface area contributed by atoms with Crippen LogP contribution in [0.2, 0.25) is 0 Å². The quantitative estimate of drug-likeness (QED) is 0.747. The van der Waals surface area contributed by atoms with Crippen LogP contribution >= 0.6 is 0 Å². The summed E-state index contributed by atoms with van der Waals surface area (Å²) in [6.07, 6.45) is 4.00. The van der Waals surface area contributed by atoms with Gasteiger partial charge in [0.05, 0.1) is 12.7 Å². The molecule has 1 atom stereocenters. The van der Waals surface area contributed by atoms with E-state index in [4.69, 9.17) is 9.47 Å². The van der Waals surface area contributed by atoms with E-state index in [0.29, 0.717) is 18.3 Å². The van der Waals surface area contributed by atoms with Gasteiger partial charge in [-0.15, -0.1) is 0 Å². The van der Waals surface area contributed by atoms with Gasteiger partial charge in [-0.2, -0.15) is 0 Å². The Kier molecular flexibility index (Phi) is 3.10. The monoisotopic (exact) mass is 199 g/mol. The number of hydrogen-bond acceptors (Lipinski definition) is 3. The minimum absolute atomic E-state index is 0.368. The molecule has 1 saturated carbocycles. The van der Waals surface area contributed by atoms with Crippen LogP contribution in [0, 0.1) is 5.41 Å². The zero-order valence-corrected chi connectivity index (χ0v) is 9.21. The average Bonchev–Trinajstić information content (AvgIpc) is 2.13. The van der Waals surface area contributed by atoms with E-state index in [1.54, 1.807) is 0 Å². The molecule has 0 radical (unpaired) electrons. The lowest BCUT2D eigenvalue weighted by molar-refractivity contribution is -0.138. The first-order valence-corrected chi connectivity index (χ1v) is 5.58. The third-order valence-electron chi connectivity index (χ3n) is 3.20. The number of ether oxygens (including phenoxy) is 2. The first-order chi connectivity index (χ1) is 6.66. The van der Waals surface area contributed by atoms with Crippen molar-refractivity contribution in [3.05, 3.63) is 0 Å². The Bertz CT molecular complexity index is 180. The molecule has 2 fully saturated rings. The second-order valence-corrected chi connectivity index (χ2v) is 5.28. The Labute approximate surface area is 86.2 Å². The highest BCUT2D eigenvalue weighted by molar-refractivity contribution is 4.91. The molecule has 0 bridgehead atoms. The highest BCUT2D eigenvalue weighted by Gasteiger charge is 2.35. The highest BCUT2D eigenvalue weighted by Crippen LogP contribution is 2.39. The molecular formula is C11H21NO2. The third kappa shape index (κ3) is 2.69. The summed E-state index contributed by atoms with van der Waals surface area (Å²) in [5.41, 5.74) is 0.564. The van der Waals surface area contributed by atoms with Gasteiger partial charge in [-0.05, 0) is 24.7 Å². The van der Waals surface area contributed by atoms with Crippen LogP contribution < -0.4 is 5.32 Å². The molecule has 1 saturated heterocycles. The fourth-order valence-corrected chi connectivity index (χ4v) is 2.38. The lowest BCUT2D eigenvalue weighted by atomic mass is 9.68. The lowest BCUT2D eigenvalue weighted by Gasteiger charge is -2.43. The van der Waals surface area contributed by atoms with Crippen molar-refractivity contribution < 1.29 is 9.47 Å². The Hall–Kier alpha value is -0.120. The minimum atomic E-state index is 0.368. The molecule has 1 aliphatic heterocycles. The molecule has 0 amide bonds. The Morgan fingerprint density at radius 1 is 1.36 bits per heavy atom. The van der Waals surface area contributed by atoms with Gasteiger partial charge in [-0.3, -0.25) is 0 Å². The summed E-state index contributed by atoms with van der Waals surface area (Å²) in [5.74, 6) is 0. The van der Waals surface area contributed by atoms with Crippen LogP contribution in [-0.2, 0) is 9.47 Å². The minimum Gasteiger partial charge on any atom is -0.355 e. The van der Waals surface area contributed by atoms with Gasteiger partial charge >= 0.3 is 0 Å². The summed E-state index contributed by atoms with van der Waals surface area (Å²) < 4.78 is 10.6. The summed E-state index contributed by atoms with van der Waals surface area (Å²) in [5, 5.41) is 3.56. The van der Waals surface area contributed by atoms with Gasteiger partial charge < -0.3 is 14.8 Å². The number of hydrogen-bond donors (Lipinski definition) is 1. The van der Waals surface area contributed by atoms with Crippen molar-refractivity contribution in [3.8, 4) is 0 Å². The van der Waals surface area contributed by atoms with Gasteiger partial charge in [0.25, 0.3) is 0 Å². The zero-order valence-electron chi connectivity index (χ0n) is 9.21. The number of nitrogens with one attached hydrogen (secondary N) is 1. The van der Waals surface area contributed by atoms with Crippen molar-refractivity contribution in [2.24, 2.45) is 5.41 Å². The van der Waals surface area contributed by atoms with E-state index in [2.05, 4.69) is 19.2 Å². The fourth-order valence-electron chi connectivity index (χ4n) is 2.38. The predicted molar refractivity (Wildman–Crippen MR) is 55.1 cm³/mol. The van der Waals surface area contributed by atoms with Crippen molar-refractivity contribution in [2.75, 3.05) is 19.9 Å². The van der Waals surface area contributed by atoms with E-state index >= 15 is 0 Å². The Morgan fingerprint density at radius 2 is 2.14 bits per heavy atom. The summed E-state index contributed by atoms with van der Waals surface area (Å²) in [6, 6.07) is 0.719. The molecule has 1 unspecified atom stereocenters. The van der Waals surface area contributed by atoms with Crippen molar-refractivity contribution >= 4 is 0 Å². The van der Waals surface area contributed by atoms with Crippen LogP contribution in [0.3, 0.4) is 0 Å². The molecular weight excluding hydrogens is 178 g/mol. The molecule has 1 aliphatic carbocycles. The van der Waals surface area contributed by atoms with E-state index in [-0.39, 0.29) is 0 Å². The van der Waals surface area contributed by atoms with Crippen molar-refractivity contribution in [2.45, 2.75) is 45.3 Å².